The van der Waals surface area contributed by atoms with E-state index in [9.17, 15) is 4.79 Å². The molecule has 2 aliphatic rings. The molecule has 0 aromatic rings. The fraction of sp³-hybridized carbons (Fsp3) is 0.333. The summed E-state index contributed by atoms with van der Waals surface area (Å²) < 4.78 is 0.951. The molecule has 0 saturated heterocycles. The number of fused-ring (bicyclic) bond motifs is 1. The smallest absolute Gasteiger partial charge is 0.170 e. The van der Waals surface area contributed by atoms with Crippen molar-refractivity contribution in [1.82, 2.24) is 0 Å². The molecule has 0 radical (unpaired) electrons. The number of nitrogens with zero attached hydrogens (tertiary/aromatic N) is 1. The van der Waals surface area contributed by atoms with E-state index in [0.29, 0.717) is 0 Å². The summed E-state index contributed by atoms with van der Waals surface area (Å²) in [5, 5.41) is 0. The van der Waals surface area contributed by atoms with Gasteiger partial charge >= 0.3 is 0 Å². The predicted molar refractivity (Wildman–Crippen MR) is 65.1 cm³/mol. The molecular formula is C12H12BrNO. The first-order chi connectivity index (χ1) is 7.20. The number of hydrogen-bond acceptors (Lipinski definition) is 2. The van der Waals surface area contributed by atoms with Gasteiger partial charge in [-0.15, -0.1) is 0 Å². The zero-order valence-electron chi connectivity index (χ0n) is 8.53. The van der Waals surface area contributed by atoms with Gasteiger partial charge in [0.2, 0.25) is 0 Å². The molecule has 1 aliphatic heterocycles. The Bertz CT molecular complexity index is 415. The molecule has 2 rings (SSSR count). The van der Waals surface area contributed by atoms with Crippen molar-refractivity contribution in [3.8, 4) is 0 Å². The lowest BCUT2D eigenvalue weighted by atomic mass is 9.91. The SMILES string of the molecule is CCCC1=CC(=O)C2C=C(Br)C=CC2=N1. The molecule has 0 spiro atoms. The minimum Gasteiger partial charge on any atom is -0.294 e. The second-order valence-electron chi connectivity index (χ2n) is 3.69. The molecule has 0 aromatic carbocycles. The molecule has 0 saturated carbocycles. The van der Waals surface area contributed by atoms with E-state index in [1.165, 1.54) is 0 Å². The molecule has 1 heterocycles. The minimum absolute atomic E-state index is 0.143. The minimum atomic E-state index is -0.176. The van der Waals surface area contributed by atoms with Gasteiger partial charge in [-0.2, -0.15) is 0 Å². The van der Waals surface area contributed by atoms with E-state index >= 15 is 0 Å². The summed E-state index contributed by atoms with van der Waals surface area (Å²) in [6.45, 7) is 2.09. The molecule has 0 N–H and O–H groups in total. The fourth-order valence-corrected chi connectivity index (χ4v) is 2.14. The molecule has 1 atom stereocenters. The van der Waals surface area contributed by atoms with Crippen molar-refractivity contribution in [3.05, 3.63) is 34.5 Å². The number of aliphatic imine (C=N–C) groups is 1. The molecule has 15 heavy (non-hydrogen) atoms. The summed E-state index contributed by atoms with van der Waals surface area (Å²) in [7, 11) is 0. The van der Waals surface area contributed by atoms with Gasteiger partial charge < -0.3 is 0 Å². The monoisotopic (exact) mass is 265 g/mol. The van der Waals surface area contributed by atoms with Gasteiger partial charge in [0, 0.05) is 16.3 Å². The van der Waals surface area contributed by atoms with Gasteiger partial charge in [-0.25, -0.2) is 0 Å². The van der Waals surface area contributed by atoms with Crippen LogP contribution in [-0.4, -0.2) is 11.5 Å². The molecule has 1 unspecified atom stereocenters. The zero-order chi connectivity index (χ0) is 10.8. The first kappa shape index (κ1) is 10.6. The van der Waals surface area contributed by atoms with E-state index in [1.807, 2.05) is 18.2 Å². The van der Waals surface area contributed by atoms with Gasteiger partial charge in [-0.1, -0.05) is 35.4 Å². The van der Waals surface area contributed by atoms with Crippen molar-refractivity contribution >= 4 is 27.4 Å². The number of ketones is 1. The van der Waals surface area contributed by atoms with Gasteiger partial charge in [0.1, 0.15) is 0 Å². The summed E-state index contributed by atoms with van der Waals surface area (Å²) in [4.78, 5) is 16.3. The summed E-state index contributed by atoms with van der Waals surface area (Å²) in [5.41, 5.74) is 1.78. The molecule has 0 aromatic heterocycles. The second kappa shape index (κ2) is 4.27. The summed E-state index contributed by atoms with van der Waals surface area (Å²) >= 11 is 3.37. The Hall–Kier alpha value is -0.960. The first-order valence-electron chi connectivity index (χ1n) is 5.09. The molecule has 0 amide bonds. The zero-order valence-corrected chi connectivity index (χ0v) is 10.1. The van der Waals surface area contributed by atoms with E-state index in [1.54, 1.807) is 6.08 Å². The molecule has 0 fully saturated rings. The lowest BCUT2D eigenvalue weighted by Crippen LogP contribution is -2.24. The predicted octanol–water partition coefficient (Wildman–Crippen LogP) is 3.16. The molecule has 78 valence electrons. The van der Waals surface area contributed by atoms with Crippen molar-refractivity contribution in [2.45, 2.75) is 19.8 Å². The Balaban J connectivity index is 2.30. The van der Waals surface area contributed by atoms with E-state index in [0.717, 1.165) is 28.7 Å². The first-order valence-corrected chi connectivity index (χ1v) is 5.88. The van der Waals surface area contributed by atoms with Gasteiger partial charge in [0.05, 0.1) is 11.6 Å². The van der Waals surface area contributed by atoms with Crippen LogP contribution in [0.15, 0.2) is 39.5 Å². The third kappa shape index (κ3) is 2.17. The molecule has 2 nitrogen and oxygen atoms in total. The van der Waals surface area contributed by atoms with E-state index in [-0.39, 0.29) is 11.7 Å². The quantitative estimate of drug-likeness (QED) is 0.754. The lowest BCUT2D eigenvalue weighted by molar-refractivity contribution is -0.115. The lowest BCUT2D eigenvalue weighted by Gasteiger charge is -2.19. The van der Waals surface area contributed by atoms with Crippen LogP contribution in [0.3, 0.4) is 0 Å². The highest BCUT2D eigenvalue weighted by molar-refractivity contribution is 9.11. The molecule has 0 bridgehead atoms. The van der Waals surface area contributed by atoms with Gasteiger partial charge in [0.15, 0.2) is 5.78 Å². The topological polar surface area (TPSA) is 29.4 Å². The maximum Gasteiger partial charge on any atom is 0.170 e. The maximum absolute atomic E-state index is 11.8. The average molecular weight is 266 g/mol. The van der Waals surface area contributed by atoms with Gasteiger partial charge in [-0.3, -0.25) is 9.79 Å². The number of allylic oxidation sites excluding steroid dienone is 6. The van der Waals surface area contributed by atoms with Crippen molar-refractivity contribution in [3.63, 3.8) is 0 Å². The van der Waals surface area contributed by atoms with Crippen LogP contribution in [0.1, 0.15) is 19.8 Å². The summed E-state index contributed by atoms with van der Waals surface area (Å²) in [6, 6.07) is 0. The van der Waals surface area contributed by atoms with Crippen LogP contribution in [0, 0.1) is 5.92 Å². The number of carbonyl (C=O) groups is 1. The van der Waals surface area contributed by atoms with Crippen molar-refractivity contribution < 1.29 is 4.79 Å². The third-order valence-corrected chi connectivity index (χ3v) is 2.98. The van der Waals surface area contributed by atoms with Crippen LogP contribution < -0.4 is 0 Å². The van der Waals surface area contributed by atoms with Crippen LogP contribution in [0.2, 0.25) is 0 Å². The highest BCUT2D eigenvalue weighted by atomic mass is 79.9. The Kier molecular flexibility index (Phi) is 3.00. The van der Waals surface area contributed by atoms with Gasteiger partial charge in [-0.05, 0) is 18.6 Å². The highest BCUT2D eigenvalue weighted by Gasteiger charge is 2.25. The van der Waals surface area contributed by atoms with Gasteiger partial charge in [0.25, 0.3) is 0 Å². The highest BCUT2D eigenvalue weighted by Crippen LogP contribution is 2.25. The van der Waals surface area contributed by atoms with Crippen LogP contribution in [0.25, 0.3) is 0 Å². The number of hydrogen-bond donors (Lipinski definition) is 0. The Labute approximate surface area is 97.6 Å². The Morgan fingerprint density at radius 1 is 1.47 bits per heavy atom. The largest absolute Gasteiger partial charge is 0.294 e. The van der Waals surface area contributed by atoms with Crippen LogP contribution >= 0.6 is 15.9 Å². The van der Waals surface area contributed by atoms with Crippen LogP contribution in [-0.2, 0) is 4.79 Å². The number of rotatable bonds is 2. The van der Waals surface area contributed by atoms with Crippen LogP contribution in [0.5, 0.6) is 0 Å². The molecular weight excluding hydrogens is 254 g/mol. The maximum atomic E-state index is 11.8. The van der Waals surface area contributed by atoms with Crippen molar-refractivity contribution in [2.24, 2.45) is 10.9 Å². The summed E-state index contributed by atoms with van der Waals surface area (Å²) in [6.07, 6.45) is 9.31. The third-order valence-electron chi connectivity index (χ3n) is 2.45. The second-order valence-corrected chi connectivity index (χ2v) is 4.60. The summed E-state index contributed by atoms with van der Waals surface area (Å²) in [5.74, 6) is -0.0327. The Morgan fingerprint density at radius 3 is 3.00 bits per heavy atom. The van der Waals surface area contributed by atoms with Crippen LogP contribution in [0.4, 0.5) is 0 Å². The normalized spacial score (nSPS) is 24.3. The van der Waals surface area contributed by atoms with E-state index in [4.69, 9.17) is 0 Å². The van der Waals surface area contributed by atoms with Crippen molar-refractivity contribution in [2.75, 3.05) is 0 Å². The standard InChI is InChI=1S/C12H12BrNO/c1-2-3-9-7-12(15)10-6-8(13)4-5-11(10)14-9/h4-7,10H,2-3H2,1H3. The Morgan fingerprint density at radius 2 is 2.27 bits per heavy atom. The molecule has 3 heteroatoms. The van der Waals surface area contributed by atoms with E-state index in [2.05, 4.69) is 27.8 Å². The average Bonchev–Trinajstić information content (AvgIpc) is 2.20. The van der Waals surface area contributed by atoms with Crippen molar-refractivity contribution in [1.29, 1.82) is 0 Å². The molecule has 1 aliphatic carbocycles. The fourth-order valence-electron chi connectivity index (χ4n) is 1.74. The number of halogens is 1. The van der Waals surface area contributed by atoms with E-state index < -0.39 is 0 Å². The number of carbonyl (C=O) groups excluding carboxylic acids is 1.